The lowest BCUT2D eigenvalue weighted by Crippen LogP contribution is -1.92. The van der Waals surface area contributed by atoms with Gasteiger partial charge in [0.2, 0.25) is 5.88 Å². The molecule has 0 radical (unpaired) electrons. The largest absolute Gasteiger partial charge is 0.480 e. The molecule has 5 heteroatoms. The van der Waals surface area contributed by atoms with Gasteiger partial charge in [-0.15, -0.1) is 0 Å². The summed E-state index contributed by atoms with van der Waals surface area (Å²) in [5, 5.41) is 8.60. The zero-order chi connectivity index (χ0) is 12.3. The first-order valence-electron chi connectivity index (χ1n) is 4.91. The van der Waals surface area contributed by atoms with Crippen LogP contribution in [0.3, 0.4) is 0 Å². The van der Waals surface area contributed by atoms with Crippen LogP contribution in [0.4, 0.5) is 0 Å². The van der Waals surface area contributed by atoms with Gasteiger partial charge < -0.3 is 9.84 Å². The van der Waals surface area contributed by atoms with Crippen LogP contribution >= 0.6 is 0 Å². The Morgan fingerprint density at radius 2 is 2.29 bits per heavy atom. The number of benzene rings is 1. The molecule has 1 aromatic carbocycles. The fourth-order valence-corrected chi connectivity index (χ4v) is 1.43. The average molecular weight is 230 g/mol. The van der Waals surface area contributed by atoms with Crippen molar-refractivity contribution in [2.45, 2.75) is 0 Å². The van der Waals surface area contributed by atoms with E-state index < -0.39 is 5.97 Å². The zero-order valence-corrected chi connectivity index (χ0v) is 9.12. The fourth-order valence-electron chi connectivity index (χ4n) is 1.43. The van der Waals surface area contributed by atoms with E-state index in [0.29, 0.717) is 22.5 Å². The van der Waals surface area contributed by atoms with Gasteiger partial charge in [-0.3, -0.25) is 0 Å². The first kappa shape index (κ1) is 11.1. The molecular weight excluding hydrogens is 220 g/mol. The van der Waals surface area contributed by atoms with Gasteiger partial charge in [0.25, 0.3) is 0 Å². The Bertz CT molecular complexity index is 593. The maximum atomic E-state index is 10.5. The highest BCUT2D eigenvalue weighted by molar-refractivity contribution is 5.91. The second-order valence-electron chi connectivity index (χ2n) is 3.30. The smallest absolute Gasteiger partial charge is 0.328 e. The molecule has 0 unspecified atom stereocenters. The maximum absolute atomic E-state index is 10.5. The van der Waals surface area contributed by atoms with Crippen molar-refractivity contribution in [3.63, 3.8) is 0 Å². The molecule has 0 fully saturated rings. The highest BCUT2D eigenvalue weighted by Crippen LogP contribution is 2.18. The molecule has 5 nitrogen and oxygen atoms in total. The molecule has 2 rings (SSSR count). The van der Waals surface area contributed by atoms with Crippen LogP contribution < -0.4 is 4.74 Å². The molecule has 0 aliphatic heterocycles. The van der Waals surface area contributed by atoms with Crippen molar-refractivity contribution in [2.24, 2.45) is 0 Å². The summed E-state index contributed by atoms with van der Waals surface area (Å²) in [5.74, 6) is -0.605. The summed E-state index contributed by atoms with van der Waals surface area (Å²) < 4.78 is 4.99. The zero-order valence-electron chi connectivity index (χ0n) is 9.12. The highest BCUT2D eigenvalue weighted by Gasteiger charge is 2.03. The van der Waals surface area contributed by atoms with Gasteiger partial charge in [0.1, 0.15) is 0 Å². The van der Waals surface area contributed by atoms with Crippen molar-refractivity contribution in [3.05, 3.63) is 36.0 Å². The van der Waals surface area contributed by atoms with E-state index in [1.807, 2.05) is 0 Å². The molecule has 0 spiro atoms. The summed E-state index contributed by atoms with van der Waals surface area (Å²) in [6.07, 6.45) is 4.07. The van der Waals surface area contributed by atoms with E-state index in [9.17, 15) is 4.79 Å². The predicted molar refractivity (Wildman–Crippen MR) is 62.8 cm³/mol. The van der Waals surface area contributed by atoms with Crippen molar-refractivity contribution < 1.29 is 14.6 Å². The standard InChI is InChI=1S/C12H10N2O3/c1-17-10-7-13-9-4-2-3-8(12(9)14-10)5-6-11(15)16/h2-7H,1H3,(H,15,16). The Kier molecular flexibility index (Phi) is 3.00. The first-order valence-corrected chi connectivity index (χ1v) is 4.91. The van der Waals surface area contributed by atoms with Crippen molar-refractivity contribution in [1.82, 2.24) is 9.97 Å². The predicted octanol–water partition coefficient (Wildman–Crippen LogP) is 1.74. The second kappa shape index (κ2) is 4.61. The van der Waals surface area contributed by atoms with Gasteiger partial charge in [-0.05, 0) is 12.1 Å². The summed E-state index contributed by atoms with van der Waals surface area (Å²) in [6.45, 7) is 0. The van der Waals surface area contributed by atoms with E-state index in [1.165, 1.54) is 19.4 Å². The van der Waals surface area contributed by atoms with Gasteiger partial charge in [0.15, 0.2) is 0 Å². The lowest BCUT2D eigenvalue weighted by Gasteiger charge is -2.03. The lowest BCUT2D eigenvalue weighted by atomic mass is 10.1. The number of nitrogens with zero attached hydrogens (tertiary/aromatic N) is 2. The molecule has 0 saturated heterocycles. The number of aromatic nitrogens is 2. The molecule has 17 heavy (non-hydrogen) atoms. The number of carboxylic acids is 1. The van der Waals surface area contributed by atoms with E-state index >= 15 is 0 Å². The first-order chi connectivity index (χ1) is 8.20. The molecule has 1 heterocycles. The molecule has 1 aromatic heterocycles. The molecule has 86 valence electrons. The quantitative estimate of drug-likeness (QED) is 0.813. The molecule has 1 N–H and O–H groups in total. The van der Waals surface area contributed by atoms with Gasteiger partial charge in [-0.1, -0.05) is 12.1 Å². The van der Waals surface area contributed by atoms with E-state index in [1.54, 1.807) is 18.2 Å². The normalized spacial score (nSPS) is 10.9. The molecule has 0 atom stereocenters. The van der Waals surface area contributed by atoms with E-state index in [0.717, 1.165) is 6.08 Å². The Morgan fingerprint density at radius 3 is 3.00 bits per heavy atom. The number of para-hydroxylation sites is 1. The second-order valence-corrected chi connectivity index (χ2v) is 3.30. The minimum Gasteiger partial charge on any atom is -0.480 e. The maximum Gasteiger partial charge on any atom is 0.328 e. The van der Waals surface area contributed by atoms with Crippen LogP contribution in [0.2, 0.25) is 0 Å². The van der Waals surface area contributed by atoms with Crippen molar-refractivity contribution in [1.29, 1.82) is 0 Å². The topological polar surface area (TPSA) is 72.3 Å². The van der Waals surface area contributed by atoms with Crippen molar-refractivity contribution >= 4 is 23.1 Å². The summed E-state index contributed by atoms with van der Waals surface area (Å²) >= 11 is 0. The number of rotatable bonds is 3. The number of hydrogen-bond acceptors (Lipinski definition) is 4. The molecule has 0 saturated carbocycles. The summed E-state index contributed by atoms with van der Waals surface area (Å²) in [7, 11) is 1.51. The van der Waals surface area contributed by atoms with Crippen LogP contribution in [-0.2, 0) is 4.79 Å². The molecular formula is C12H10N2O3. The van der Waals surface area contributed by atoms with E-state index in [-0.39, 0.29) is 0 Å². The Hall–Kier alpha value is -2.43. The third-order valence-corrected chi connectivity index (χ3v) is 2.20. The van der Waals surface area contributed by atoms with E-state index in [4.69, 9.17) is 9.84 Å². The number of carboxylic acid groups (broad SMARTS) is 1. The number of hydrogen-bond donors (Lipinski definition) is 1. The number of aliphatic carboxylic acids is 1. The van der Waals surface area contributed by atoms with Crippen molar-refractivity contribution in [3.8, 4) is 5.88 Å². The lowest BCUT2D eigenvalue weighted by molar-refractivity contribution is -0.131. The van der Waals surface area contributed by atoms with Crippen LogP contribution in [0.25, 0.3) is 17.1 Å². The van der Waals surface area contributed by atoms with Crippen LogP contribution in [0, 0.1) is 0 Å². The van der Waals surface area contributed by atoms with Crippen LogP contribution in [0.5, 0.6) is 5.88 Å². The van der Waals surface area contributed by atoms with Crippen molar-refractivity contribution in [2.75, 3.05) is 7.11 Å². The Balaban J connectivity index is 2.58. The SMILES string of the molecule is COc1cnc2cccc(C=CC(=O)O)c2n1. The summed E-state index contributed by atoms with van der Waals surface area (Å²) in [6, 6.07) is 5.38. The third kappa shape index (κ3) is 2.39. The van der Waals surface area contributed by atoms with Gasteiger partial charge in [0.05, 0.1) is 24.3 Å². The van der Waals surface area contributed by atoms with Crippen LogP contribution in [0.15, 0.2) is 30.5 Å². The molecule has 0 amide bonds. The minimum atomic E-state index is -1.00. The highest BCUT2D eigenvalue weighted by atomic mass is 16.5. The third-order valence-electron chi connectivity index (χ3n) is 2.20. The number of methoxy groups -OCH3 is 1. The fraction of sp³-hybridized carbons (Fsp3) is 0.0833. The molecule has 0 aliphatic carbocycles. The number of carbonyl (C=O) groups is 1. The number of fused-ring (bicyclic) bond motifs is 1. The van der Waals surface area contributed by atoms with E-state index in [2.05, 4.69) is 9.97 Å². The van der Waals surface area contributed by atoms with Gasteiger partial charge >= 0.3 is 5.97 Å². The number of ether oxygens (including phenoxy) is 1. The Morgan fingerprint density at radius 1 is 1.47 bits per heavy atom. The Labute approximate surface area is 97.4 Å². The monoisotopic (exact) mass is 230 g/mol. The van der Waals surface area contributed by atoms with Crippen LogP contribution in [0.1, 0.15) is 5.56 Å². The molecule has 0 aliphatic rings. The minimum absolute atomic E-state index is 0.397. The van der Waals surface area contributed by atoms with Gasteiger partial charge in [-0.25, -0.2) is 14.8 Å². The molecule has 0 bridgehead atoms. The van der Waals surface area contributed by atoms with Gasteiger partial charge in [-0.2, -0.15) is 0 Å². The average Bonchev–Trinajstić information content (AvgIpc) is 2.35. The van der Waals surface area contributed by atoms with Gasteiger partial charge in [0, 0.05) is 11.6 Å². The van der Waals surface area contributed by atoms with Crippen LogP contribution in [-0.4, -0.2) is 28.2 Å². The molecule has 2 aromatic rings. The summed E-state index contributed by atoms with van der Waals surface area (Å²) in [5.41, 5.74) is 2.00. The summed E-state index contributed by atoms with van der Waals surface area (Å²) in [4.78, 5) is 18.9.